The van der Waals surface area contributed by atoms with Gasteiger partial charge < -0.3 is 10.1 Å². The van der Waals surface area contributed by atoms with Crippen LogP contribution in [-0.2, 0) is 0 Å². The Labute approximate surface area is 140 Å². The molecule has 2 aromatic rings. The van der Waals surface area contributed by atoms with Gasteiger partial charge in [-0.15, -0.1) is 0 Å². The summed E-state index contributed by atoms with van der Waals surface area (Å²) in [4.78, 5) is 0. The Morgan fingerprint density at radius 2 is 1.80 bits per heavy atom. The molecule has 0 bridgehead atoms. The van der Waals surface area contributed by atoms with Gasteiger partial charge in [0.1, 0.15) is 5.75 Å². The van der Waals surface area contributed by atoms with Gasteiger partial charge in [0.15, 0.2) is 0 Å². The average molecular weight is 420 g/mol. The lowest BCUT2D eigenvalue weighted by atomic mass is 9.99. The molecule has 0 spiro atoms. The number of methoxy groups -OCH3 is 1. The third kappa shape index (κ3) is 3.37. The molecule has 0 aliphatic rings. The Kier molecular flexibility index (Phi) is 5.49. The molecule has 0 saturated carbocycles. The van der Waals surface area contributed by atoms with Crippen LogP contribution in [0.2, 0.25) is 5.02 Å². The van der Waals surface area contributed by atoms with Gasteiger partial charge in [-0.05, 0) is 48.5 Å². The zero-order chi connectivity index (χ0) is 14.7. The zero-order valence-electron chi connectivity index (χ0n) is 11.1. The van der Waals surface area contributed by atoms with Crippen molar-refractivity contribution >= 4 is 43.5 Å². The number of rotatable bonds is 4. The van der Waals surface area contributed by atoms with Crippen molar-refractivity contribution in [2.24, 2.45) is 0 Å². The largest absolute Gasteiger partial charge is 0.497 e. The van der Waals surface area contributed by atoms with Gasteiger partial charge in [0, 0.05) is 14.0 Å². The molecule has 1 unspecified atom stereocenters. The topological polar surface area (TPSA) is 21.3 Å². The zero-order valence-corrected chi connectivity index (χ0v) is 15.0. The summed E-state index contributed by atoms with van der Waals surface area (Å²) in [7, 11) is 3.58. The maximum Gasteiger partial charge on any atom is 0.120 e. The van der Waals surface area contributed by atoms with Crippen LogP contribution in [0.15, 0.2) is 45.3 Å². The van der Waals surface area contributed by atoms with Crippen molar-refractivity contribution < 1.29 is 4.74 Å². The van der Waals surface area contributed by atoms with Crippen molar-refractivity contribution in [1.29, 1.82) is 0 Å². The van der Waals surface area contributed by atoms with E-state index in [2.05, 4.69) is 37.2 Å². The molecule has 0 saturated heterocycles. The maximum absolute atomic E-state index is 6.11. The number of nitrogens with one attached hydrogen (secondary N) is 1. The normalized spacial score (nSPS) is 12.2. The Morgan fingerprint density at radius 3 is 2.40 bits per heavy atom. The fraction of sp³-hybridized carbons (Fsp3) is 0.200. The van der Waals surface area contributed by atoms with Crippen LogP contribution < -0.4 is 10.1 Å². The highest BCUT2D eigenvalue weighted by Gasteiger charge is 2.18. The van der Waals surface area contributed by atoms with Gasteiger partial charge in [-0.25, -0.2) is 0 Å². The number of halogens is 3. The molecule has 1 atom stereocenters. The summed E-state index contributed by atoms with van der Waals surface area (Å²) >= 11 is 13.3. The van der Waals surface area contributed by atoms with Crippen LogP contribution in [0.25, 0.3) is 0 Å². The predicted octanol–water partition coefficient (Wildman–Crippen LogP) is 5.18. The second-order valence-corrected chi connectivity index (χ2v) is 6.42. The van der Waals surface area contributed by atoms with Crippen LogP contribution in [0.5, 0.6) is 5.75 Å². The van der Waals surface area contributed by atoms with Crippen LogP contribution >= 0.6 is 43.5 Å². The smallest absolute Gasteiger partial charge is 0.120 e. The lowest BCUT2D eigenvalue weighted by molar-refractivity contribution is 0.414. The molecule has 0 amide bonds. The van der Waals surface area contributed by atoms with Gasteiger partial charge in [0.25, 0.3) is 0 Å². The minimum Gasteiger partial charge on any atom is -0.497 e. The summed E-state index contributed by atoms with van der Waals surface area (Å²) in [5.41, 5.74) is 2.21. The van der Waals surface area contributed by atoms with Gasteiger partial charge in [-0.3, -0.25) is 0 Å². The molecule has 0 aliphatic heterocycles. The number of hydrogen-bond donors (Lipinski definition) is 1. The van der Waals surface area contributed by atoms with E-state index in [1.165, 1.54) is 0 Å². The highest BCUT2D eigenvalue weighted by molar-refractivity contribution is 9.10. The minimum absolute atomic E-state index is 0.0309. The van der Waals surface area contributed by atoms with E-state index in [4.69, 9.17) is 16.3 Å². The fourth-order valence-corrected chi connectivity index (χ4v) is 3.33. The van der Waals surface area contributed by atoms with Gasteiger partial charge in [-0.2, -0.15) is 0 Å². The first-order chi connectivity index (χ1) is 9.56. The Hall–Kier alpha value is -0.550. The lowest BCUT2D eigenvalue weighted by Gasteiger charge is -2.21. The average Bonchev–Trinajstić information content (AvgIpc) is 2.44. The van der Waals surface area contributed by atoms with E-state index >= 15 is 0 Å². The first-order valence-corrected chi connectivity index (χ1v) is 7.99. The van der Waals surface area contributed by atoms with Gasteiger partial charge >= 0.3 is 0 Å². The Morgan fingerprint density at radius 1 is 1.05 bits per heavy atom. The van der Waals surface area contributed by atoms with Crippen LogP contribution in [-0.4, -0.2) is 14.2 Å². The van der Waals surface area contributed by atoms with Gasteiger partial charge in [-0.1, -0.05) is 49.5 Å². The summed E-state index contributed by atoms with van der Waals surface area (Å²) in [5.74, 6) is 0.820. The van der Waals surface area contributed by atoms with Gasteiger partial charge in [0.05, 0.1) is 13.2 Å². The van der Waals surface area contributed by atoms with Crippen LogP contribution in [0.3, 0.4) is 0 Å². The molecular formula is C15H14Br2ClNO. The molecule has 0 radical (unpaired) electrons. The van der Waals surface area contributed by atoms with Crippen molar-refractivity contribution in [2.45, 2.75) is 6.04 Å². The van der Waals surface area contributed by atoms with E-state index in [0.29, 0.717) is 5.02 Å². The van der Waals surface area contributed by atoms with Crippen molar-refractivity contribution in [3.63, 3.8) is 0 Å². The van der Waals surface area contributed by atoms with Crippen molar-refractivity contribution in [3.05, 3.63) is 61.5 Å². The molecule has 5 heteroatoms. The summed E-state index contributed by atoms with van der Waals surface area (Å²) in [5, 5.41) is 4.04. The lowest BCUT2D eigenvalue weighted by Crippen LogP contribution is -2.18. The van der Waals surface area contributed by atoms with E-state index in [0.717, 1.165) is 25.8 Å². The fourth-order valence-electron chi connectivity index (χ4n) is 2.08. The molecule has 20 heavy (non-hydrogen) atoms. The summed E-state index contributed by atoms with van der Waals surface area (Å²) < 4.78 is 7.24. The van der Waals surface area contributed by atoms with Crippen LogP contribution in [0.4, 0.5) is 0 Å². The quantitative estimate of drug-likeness (QED) is 0.737. The van der Waals surface area contributed by atoms with Crippen LogP contribution in [0.1, 0.15) is 17.2 Å². The number of ether oxygens (including phenoxy) is 1. The first-order valence-electron chi connectivity index (χ1n) is 6.02. The van der Waals surface area contributed by atoms with Crippen molar-refractivity contribution in [3.8, 4) is 5.75 Å². The Bertz CT molecular complexity index is 619. The molecule has 1 N–H and O–H groups in total. The number of hydrogen-bond acceptors (Lipinski definition) is 2. The maximum atomic E-state index is 6.11. The van der Waals surface area contributed by atoms with E-state index in [-0.39, 0.29) is 6.04 Å². The molecule has 0 aliphatic carbocycles. The molecule has 0 fully saturated rings. The van der Waals surface area contributed by atoms with Crippen molar-refractivity contribution in [1.82, 2.24) is 5.32 Å². The monoisotopic (exact) mass is 417 g/mol. The summed E-state index contributed by atoms with van der Waals surface area (Å²) in [6.07, 6.45) is 0. The van der Waals surface area contributed by atoms with Crippen LogP contribution in [0, 0.1) is 0 Å². The molecule has 106 valence electrons. The Balaban J connectivity index is 2.49. The van der Waals surface area contributed by atoms with E-state index < -0.39 is 0 Å². The summed E-state index contributed by atoms with van der Waals surface area (Å²) in [6.45, 7) is 0. The highest BCUT2D eigenvalue weighted by atomic mass is 79.9. The molecular weight excluding hydrogens is 405 g/mol. The molecule has 2 aromatic carbocycles. The van der Waals surface area contributed by atoms with Gasteiger partial charge in [0.2, 0.25) is 0 Å². The second-order valence-electron chi connectivity index (χ2n) is 4.27. The highest BCUT2D eigenvalue weighted by Crippen LogP contribution is 2.35. The molecule has 2 rings (SSSR count). The SMILES string of the molecule is CNC(c1ccc(OC)cc1Br)c1cc(Cl)ccc1Br. The molecule has 0 heterocycles. The minimum atomic E-state index is 0.0309. The second kappa shape index (κ2) is 6.94. The van der Waals surface area contributed by atoms with E-state index in [9.17, 15) is 0 Å². The van der Waals surface area contributed by atoms with Crippen molar-refractivity contribution in [2.75, 3.05) is 14.2 Å². The molecule has 2 nitrogen and oxygen atoms in total. The van der Waals surface area contributed by atoms with E-state index in [1.54, 1.807) is 7.11 Å². The third-order valence-electron chi connectivity index (χ3n) is 3.08. The predicted molar refractivity (Wildman–Crippen MR) is 90.7 cm³/mol. The van der Waals surface area contributed by atoms with E-state index in [1.807, 2.05) is 43.4 Å². The first kappa shape index (κ1) is 15.8. The standard InChI is InChI=1S/C15H14Br2ClNO/c1-19-15(12-7-9(18)3-6-13(12)16)11-5-4-10(20-2)8-14(11)17/h3-8,15,19H,1-2H3. The third-order valence-corrected chi connectivity index (χ3v) is 4.72. The number of benzene rings is 2. The molecule has 0 aromatic heterocycles. The summed E-state index contributed by atoms with van der Waals surface area (Å²) in [6, 6.07) is 11.8.